The number of aromatic carboxylic acids is 1. The second kappa shape index (κ2) is 4.97. The number of benzene rings is 1. The lowest BCUT2D eigenvalue weighted by Gasteiger charge is -2.11. The molecule has 1 aromatic carbocycles. The maximum Gasteiger partial charge on any atom is 0.339 e. The Kier molecular flexibility index (Phi) is 3.13. The molecule has 21 heavy (non-hydrogen) atoms. The van der Waals surface area contributed by atoms with Gasteiger partial charge in [0.1, 0.15) is 11.3 Å². The van der Waals surface area contributed by atoms with Crippen molar-refractivity contribution < 1.29 is 19.4 Å². The first kappa shape index (κ1) is 13.2. The molecule has 0 aliphatic carbocycles. The van der Waals surface area contributed by atoms with Crippen LogP contribution in [-0.2, 0) is 11.2 Å². The van der Waals surface area contributed by atoms with Crippen molar-refractivity contribution in [3.63, 3.8) is 0 Å². The van der Waals surface area contributed by atoms with Gasteiger partial charge in [-0.15, -0.1) is 0 Å². The minimum atomic E-state index is -1.08. The van der Waals surface area contributed by atoms with Gasteiger partial charge in [-0.05, 0) is 18.6 Å². The number of ether oxygens (including phenoxy) is 1. The Bertz CT molecular complexity index is 695. The van der Waals surface area contributed by atoms with Gasteiger partial charge in [-0.2, -0.15) is 0 Å². The van der Waals surface area contributed by atoms with Crippen molar-refractivity contribution in [3.8, 4) is 5.75 Å². The van der Waals surface area contributed by atoms with Crippen LogP contribution in [0.1, 0.15) is 21.6 Å². The summed E-state index contributed by atoms with van der Waals surface area (Å²) in [6, 6.07) is 7.45. The molecule has 0 radical (unpaired) electrons. The molecule has 1 atom stereocenters. The largest absolute Gasteiger partial charge is 0.480 e. The first-order valence-electron chi connectivity index (χ1n) is 6.53. The fourth-order valence-electron chi connectivity index (χ4n) is 2.44. The maximum atomic E-state index is 12.2. The van der Waals surface area contributed by atoms with Crippen molar-refractivity contribution >= 4 is 17.6 Å². The lowest BCUT2D eigenvalue weighted by molar-refractivity contribution is -0.122. The van der Waals surface area contributed by atoms with Crippen LogP contribution < -0.4 is 10.1 Å². The molecule has 0 fully saturated rings. The molecule has 0 saturated carbocycles. The predicted molar refractivity (Wildman–Crippen MR) is 75.7 cm³/mol. The van der Waals surface area contributed by atoms with E-state index in [2.05, 4.69) is 10.3 Å². The lowest BCUT2D eigenvalue weighted by Crippen LogP contribution is -2.31. The zero-order chi connectivity index (χ0) is 15.0. The molecular weight excluding hydrogens is 272 g/mol. The fourth-order valence-corrected chi connectivity index (χ4v) is 2.44. The molecule has 0 saturated heterocycles. The van der Waals surface area contributed by atoms with Crippen LogP contribution in [0.5, 0.6) is 5.75 Å². The zero-order valence-electron chi connectivity index (χ0n) is 11.3. The number of fused-ring (bicyclic) bond motifs is 1. The average molecular weight is 286 g/mol. The Morgan fingerprint density at radius 2 is 2.14 bits per heavy atom. The van der Waals surface area contributed by atoms with Crippen molar-refractivity contribution in [2.75, 3.05) is 5.32 Å². The normalized spacial score (nSPS) is 16.1. The average Bonchev–Trinajstić information content (AvgIpc) is 3.02. The summed E-state index contributed by atoms with van der Waals surface area (Å²) < 4.78 is 5.58. The van der Waals surface area contributed by atoms with E-state index in [0.29, 0.717) is 17.9 Å². The first-order chi connectivity index (χ1) is 10.1. The van der Waals surface area contributed by atoms with Crippen LogP contribution in [0.2, 0.25) is 0 Å². The molecule has 6 nitrogen and oxygen atoms in total. The molecule has 108 valence electrons. The number of rotatable bonds is 3. The summed E-state index contributed by atoms with van der Waals surface area (Å²) >= 11 is 0. The van der Waals surface area contributed by atoms with Gasteiger partial charge in [0, 0.05) is 18.3 Å². The van der Waals surface area contributed by atoms with Crippen LogP contribution >= 0.6 is 0 Å². The van der Waals surface area contributed by atoms with Gasteiger partial charge in [0.05, 0.1) is 5.69 Å². The predicted octanol–water partition coefficient (Wildman–Crippen LogP) is 1.96. The van der Waals surface area contributed by atoms with Crippen LogP contribution in [0.4, 0.5) is 5.69 Å². The summed E-state index contributed by atoms with van der Waals surface area (Å²) in [4.78, 5) is 26.2. The molecule has 3 rings (SSSR count). The van der Waals surface area contributed by atoms with Gasteiger partial charge in [0.2, 0.25) is 0 Å². The monoisotopic (exact) mass is 286 g/mol. The summed E-state index contributed by atoms with van der Waals surface area (Å²) in [6.45, 7) is 1.64. The molecule has 1 unspecified atom stereocenters. The van der Waals surface area contributed by atoms with Crippen molar-refractivity contribution in [1.82, 2.24) is 4.98 Å². The summed E-state index contributed by atoms with van der Waals surface area (Å²) in [5.74, 6) is -0.742. The van der Waals surface area contributed by atoms with E-state index in [0.717, 1.165) is 5.56 Å². The van der Waals surface area contributed by atoms with E-state index in [1.54, 1.807) is 6.92 Å². The first-order valence-corrected chi connectivity index (χ1v) is 6.53. The minimum Gasteiger partial charge on any atom is -0.480 e. The summed E-state index contributed by atoms with van der Waals surface area (Å²) in [7, 11) is 0. The Balaban J connectivity index is 1.76. The number of aromatic nitrogens is 1. The van der Waals surface area contributed by atoms with E-state index in [4.69, 9.17) is 9.84 Å². The molecule has 1 aliphatic heterocycles. The van der Waals surface area contributed by atoms with E-state index in [9.17, 15) is 9.59 Å². The third-order valence-electron chi connectivity index (χ3n) is 3.49. The number of carbonyl (C=O) groups is 2. The second-order valence-electron chi connectivity index (χ2n) is 4.92. The highest BCUT2D eigenvalue weighted by molar-refractivity contribution is 6.03. The number of para-hydroxylation sites is 1. The van der Waals surface area contributed by atoms with E-state index in [1.165, 1.54) is 6.20 Å². The number of amides is 1. The van der Waals surface area contributed by atoms with Gasteiger partial charge in [-0.3, -0.25) is 4.79 Å². The Labute approximate surface area is 120 Å². The number of H-pyrrole nitrogens is 1. The topological polar surface area (TPSA) is 91.4 Å². The molecule has 2 heterocycles. The number of carboxylic acid groups (broad SMARTS) is 1. The smallest absolute Gasteiger partial charge is 0.339 e. The quantitative estimate of drug-likeness (QED) is 0.804. The van der Waals surface area contributed by atoms with Crippen molar-refractivity contribution in [2.45, 2.75) is 19.4 Å². The second-order valence-corrected chi connectivity index (χ2v) is 4.92. The van der Waals surface area contributed by atoms with Gasteiger partial charge in [-0.1, -0.05) is 18.2 Å². The number of nitrogens with one attached hydrogen (secondary N) is 2. The van der Waals surface area contributed by atoms with Gasteiger partial charge in [0.25, 0.3) is 5.91 Å². The minimum absolute atomic E-state index is 0.0684. The Morgan fingerprint density at radius 1 is 1.38 bits per heavy atom. The molecule has 0 spiro atoms. The van der Waals surface area contributed by atoms with Gasteiger partial charge in [-0.25, -0.2) is 4.79 Å². The number of anilines is 1. The van der Waals surface area contributed by atoms with Crippen molar-refractivity contribution in [1.29, 1.82) is 0 Å². The number of carbonyl (C=O) groups excluding carboxylic acids is 1. The van der Waals surface area contributed by atoms with Crippen LogP contribution in [0.15, 0.2) is 30.5 Å². The standard InChI is InChI=1S/C15H14N2O4/c1-8-13(15(19)20)10(7-16-8)17-14(18)12-6-9-4-2-3-5-11(9)21-12/h2-5,7,12,16H,6H2,1H3,(H,17,18)(H,19,20). The Hall–Kier alpha value is -2.76. The molecule has 3 N–H and O–H groups in total. The number of hydrogen-bond donors (Lipinski definition) is 3. The molecule has 1 amide bonds. The summed E-state index contributed by atoms with van der Waals surface area (Å²) in [5.41, 5.74) is 1.79. The molecular formula is C15H14N2O4. The van der Waals surface area contributed by atoms with Crippen molar-refractivity contribution in [3.05, 3.63) is 47.3 Å². The van der Waals surface area contributed by atoms with Gasteiger partial charge in [0.15, 0.2) is 6.10 Å². The summed E-state index contributed by atoms with van der Waals surface area (Å²) in [6.07, 6.45) is 1.31. The molecule has 6 heteroatoms. The molecule has 1 aliphatic rings. The van der Waals surface area contributed by atoms with Crippen LogP contribution in [0.3, 0.4) is 0 Å². The number of carboxylic acids is 1. The van der Waals surface area contributed by atoms with E-state index < -0.39 is 12.1 Å². The molecule has 1 aromatic heterocycles. The highest BCUT2D eigenvalue weighted by Crippen LogP contribution is 2.29. The lowest BCUT2D eigenvalue weighted by atomic mass is 10.1. The number of hydrogen-bond acceptors (Lipinski definition) is 3. The third-order valence-corrected chi connectivity index (χ3v) is 3.49. The van der Waals surface area contributed by atoms with E-state index in [1.807, 2.05) is 24.3 Å². The van der Waals surface area contributed by atoms with E-state index >= 15 is 0 Å². The maximum absolute atomic E-state index is 12.2. The molecule has 0 bridgehead atoms. The molecule has 2 aromatic rings. The van der Waals surface area contributed by atoms with Crippen LogP contribution in [0, 0.1) is 6.92 Å². The highest BCUT2D eigenvalue weighted by atomic mass is 16.5. The van der Waals surface area contributed by atoms with Crippen molar-refractivity contribution in [2.24, 2.45) is 0 Å². The number of aryl methyl sites for hydroxylation is 1. The zero-order valence-corrected chi connectivity index (χ0v) is 11.3. The fraction of sp³-hybridized carbons (Fsp3) is 0.200. The SMILES string of the molecule is Cc1[nH]cc(NC(=O)C2Cc3ccccc3O2)c1C(=O)O. The third kappa shape index (κ3) is 2.35. The van der Waals surface area contributed by atoms with Gasteiger partial charge < -0.3 is 20.1 Å². The van der Waals surface area contributed by atoms with Crippen LogP contribution in [-0.4, -0.2) is 28.1 Å². The van der Waals surface area contributed by atoms with Crippen LogP contribution in [0.25, 0.3) is 0 Å². The Morgan fingerprint density at radius 3 is 2.86 bits per heavy atom. The van der Waals surface area contributed by atoms with E-state index in [-0.39, 0.29) is 17.2 Å². The number of aromatic amines is 1. The highest BCUT2D eigenvalue weighted by Gasteiger charge is 2.30. The van der Waals surface area contributed by atoms with Gasteiger partial charge >= 0.3 is 5.97 Å². The summed E-state index contributed by atoms with van der Waals surface area (Å²) in [5, 5.41) is 11.8.